The van der Waals surface area contributed by atoms with E-state index in [1.54, 1.807) is 54.6 Å². The number of nitrogens with zero attached hydrogens (tertiary/aromatic N) is 1. The molecule has 0 bridgehead atoms. The molecule has 0 spiro atoms. The lowest BCUT2D eigenvalue weighted by Crippen LogP contribution is -2.48. The average Bonchev–Trinajstić information content (AvgIpc) is 3.62. The van der Waals surface area contributed by atoms with Crippen LogP contribution in [0.5, 0.6) is 5.75 Å². The fourth-order valence-electron chi connectivity index (χ4n) is 5.53. The van der Waals surface area contributed by atoms with E-state index in [1.807, 2.05) is 48.5 Å². The van der Waals surface area contributed by atoms with E-state index >= 15 is 0 Å². The number of hydrogen-bond donors (Lipinski definition) is 2. The van der Waals surface area contributed by atoms with Gasteiger partial charge in [0.1, 0.15) is 12.4 Å². The second-order valence-electron chi connectivity index (χ2n) is 10.7. The van der Waals surface area contributed by atoms with Gasteiger partial charge in [0.05, 0.1) is 23.3 Å². The Morgan fingerprint density at radius 1 is 0.907 bits per heavy atom. The number of sulfone groups is 1. The molecule has 0 saturated carbocycles. The molecule has 0 radical (unpaired) electrons. The third kappa shape index (κ3) is 5.78. The van der Waals surface area contributed by atoms with Crippen LogP contribution in [0.4, 0.5) is 0 Å². The molecule has 0 aromatic heterocycles. The Balaban J connectivity index is 1.31. The molecular weight excluding hydrogens is 564 g/mol. The number of fused-ring (bicyclic) bond motifs is 3. The number of carbonyl (C=O) groups is 1. The van der Waals surface area contributed by atoms with Crippen LogP contribution in [0.2, 0.25) is 0 Å². The molecule has 43 heavy (non-hydrogen) atoms. The molecule has 1 heterocycles. The van der Waals surface area contributed by atoms with Crippen molar-refractivity contribution in [2.75, 3.05) is 25.6 Å². The molecule has 2 aliphatic rings. The summed E-state index contributed by atoms with van der Waals surface area (Å²) < 4.78 is 38.2. The highest BCUT2D eigenvalue weighted by Gasteiger charge is 2.46. The minimum Gasteiger partial charge on any atom is -0.494 e. The van der Waals surface area contributed by atoms with E-state index in [0.717, 1.165) is 22.3 Å². The molecule has 4 aromatic rings. The number of aliphatic hydroxyl groups excluding tert-OH is 1. The Hall–Kier alpha value is -4.47. The number of benzene rings is 4. The number of rotatable bonds is 11. The van der Waals surface area contributed by atoms with Crippen LogP contribution in [0.1, 0.15) is 35.6 Å². The van der Waals surface area contributed by atoms with Crippen molar-refractivity contribution in [3.05, 3.63) is 120 Å². The molecule has 1 aliphatic carbocycles. The van der Waals surface area contributed by atoms with Crippen LogP contribution in [-0.4, -0.2) is 56.4 Å². The van der Waals surface area contributed by atoms with Gasteiger partial charge in [0.15, 0.2) is 15.4 Å². The third-order valence-electron chi connectivity index (χ3n) is 7.85. The molecule has 1 amide bonds. The highest BCUT2D eigenvalue weighted by atomic mass is 32.2. The van der Waals surface area contributed by atoms with Crippen molar-refractivity contribution in [3.63, 3.8) is 0 Å². The summed E-state index contributed by atoms with van der Waals surface area (Å²) in [5, 5.41) is 12.2. The van der Waals surface area contributed by atoms with Crippen LogP contribution in [0.3, 0.4) is 0 Å². The molecule has 0 unspecified atom stereocenters. The predicted octanol–water partition coefficient (Wildman–Crippen LogP) is 4.71. The summed E-state index contributed by atoms with van der Waals surface area (Å²) in [6.07, 6.45) is 0.467. The van der Waals surface area contributed by atoms with Crippen LogP contribution in [-0.2, 0) is 19.4 Å². The first-order valence-corrected chi connectivity index (χ1v) is 15.9. The fraction of sp³-hybridized carbons (Fsp3) is 0.235. The number of aliphatic hydroxyl groups is 1. The van der Waals surface area contributed by atoms with Crippen molar-refractivity contribution in [2.24, 2.45) is 4.99 Å². The Bertz CT molecular complexity index is 1710. The molecule has 1 aliphatic heterocycles. The number of aliphatic imine (C=N–C) groups is 1. The molecule has 6 rings (SSSR count). The summed E-state index contributed by atoms with van der Waals surface area (Å²) in [5.41, 5.74) is 3.24. The van der Waals surface area contributed by atoms with E-state index in [2.05, 4.69) is 5.32 Å². The number of nitrogens with one attached hydrogen (secondary N) is 1. The van der Waals surface area contributed by atoms with Gasteiger partial charge >= 0.3 is 0 Å². The summed E-state index contributed by atoms with van der Waals surface area (Å²) in [5.74, 6) is 0.222. The van der Waals surface area contributed by atoms with E-state index in [4.69, 9.17) is 19.6 Å². The lowest BCUT2D eigenvalue weighted by Gasteiger charge is -2.26. The second-order valence-corrected chi connectivity index (χ2v) is 12.8. The number of ether oxygens (including phenoxy) is 2. The maximum atomic E-state index is 14.2. The van der Waals surface area contributed by atoms with Gasteiger partial charge in [0.25, 0.3) is 5.91 Å². The van der Waals surface area contributed by atoms with Gasteiger partial charge < -0.3 is 19.9 Å². The van der Waals surface area contributed by atoms with Crippen molar-refractivity contribution >= 4 is 21.6 Å². The summed E-state index contributed by atoms with van der Waals surface area (Å²) in [4.78, 5) is 19.2. The van der Waals surface area contributed by atoms with Crippen molar-refractivity contribution in [1.82, 2.24) is 5.32 Å². The maximum Gasteiger partial charge on any atom is 0.252 e. The standard InChI is InChI=1S/C34H32N2O6S/c37-20-8-21-41-25-17-15-24(16-18-25)32-36-34(23-42-32,19-22-43(39,40)26-9-2-1-3-10-26)33(38)35-31-29-13-6-4-11-27(29)28-12-5-7-14-30(28)31/h1-7,9-18,31,37H,8,19-23H2,(H,35,38)/t34-/m1/s1. The minimum absolute atomic E-state index is 0.0465. The molecule has 2 N–H and O–H groups in total. The topological polar surface area (TPSA) is 114 Å². The second kappa shape index (κ2) is 12.0. The van der Waals surface area contributed by atoms with Gasteiger partial charge in [-0.1, -0.05) is 66.7 Å². The molecule has 1 atom stereocenters. The number of carbonyl (C=O) groups excluding carboxylic acids is 1. The Morgan fingerprint density at radius 3 is 2.19 bits per heavy atom. The predicted molar refractivity (Wildman–Crippen MR) is 164 cm³/mol. The average molecular weight is 597 g/mol. The van der Waals surface area contributed by atoms with Gasteiger partial charge in [-0.15, -0.1) is 0 Å². The van der Waals surface area contributed by atoms with Crippen LogP contribution >= 0.6 is 0 Å². The zero-order chi connectivity index (χ0) is 29.9. The highest BCUT2D eigenvalue weighted by molar-refractivity contribution is 7.91. The Kier molecular flexibility index (Phi) is 8.01. The van der Waals surface area contributed by atoms with Gasteiger partial charge in [0.2, 0.25) is 5.90 Å². The largest absolute Gasteiger partial charge is 0.494 e. The summed E-state index contributed by atoms with van der Waals surface area (Å²) in [7, 11) is -3.68. The molecular formula is C34H32N2O6S. The van der Waals surface area contributed by atoms with E-state index in [9.17, 15) is 13.2 Å². The highest BCUT2D eigenvalue weighted by Crippen LogP contribution is 2.43. The summed E-state index contributed by atoms with van der Waals surface area (Å²) in [6, 6.07) is 30.8. The molecule has 9 heteroatoms. The van der Waals surface area contributed by atoms with Crippen molar-refractivity contribution < 1.29 is 27.8 Å². The van der Waals surface area contributed by atoms with Gasteiger partial charge in [-0.2, -0.15) is 0 Å². The molecule has 220 valence electrons. The summed E-state index contributed by atoms with van der Waals surface area (Å²) >= 11 is 0. The summed E-state index contributed by atoms with van der Waals surface area (Å²) in [6.45, 7) is 0.341. The zero-order valence-corrected chi connectivity index (χ0v) is 24.3. The fourth-order valence-corrected chi connectivity index (χ4v) is 6.94. The number of amides is 1. The maximum absolute atomic E-state index is 14.2. The molecule has 8 nitrogen and oxygen atoms in total. The first-order valence-electron chi connectivity index (χ1n) is 14.2. The van der Waals surface area contributed by atoms with Crippen LogP contribution in [0, 0.1) is 0 Å². The smallest absolute Gasteiger partial charge is 0.252 e. The van der Waals surface area contributed by atoms with Crippen LogP contribution < -0.4 is 10.1 Å². The van der Waals surface area contributed by atoms with Crippen LogP contribution in [0.25, 0.3) is 11.1 Å². The Labute approximate surface area is 250 Å². The SMILES string of the molecule is O=C(NC1c2ccccc2-c2ccccc21)[C@@]1(CCS(=O)(=O)c2ccccc2)COC(c2ccc(OCCCO)cc2)=N1. The third-order valence-corrected chi connectivity index (χ3v) is 9.59. The van der Waals surface area contributed by atoms with Gasteiger partial charge in [-0.25, -0.2) is 13.4 Å². The van der Waals surface area contributed by atoms with Gasteiger partial charge in [-0.3, -0.25) is 4.79 Å². The van der Waals surface area contributed by atoms with E-state index in [1.165, 1.54) is 0 Å². The van der Waals surface area contributed by atoms with E-state index in [0.29, 0.717) is 24.3 Å². The molecule has 0 saturated heterocycles. The van der Waals surface area contributed by atoms with Crippen molar-refractivity contribution in [3.8, 4) is 16.9 Å². The van der Waals surface area contributed by atoms with Crippen LogP contribution in [0.15, 0.2) is 113 Å². The van der Waals surface area contributed by atoms with E-state index < -0.39 is 27.3 Å². The first kappa shape index (κ1) is 28.6. The first-order chi connectivity index (χ1) is 20.9. The Morgan fingerprint density at radius 2 is 1.53 bits per heavy atom. The normalized spacial score (nSPS) is 17.5. The molecule has 4 aromatic carbocycles. The zero-order valence-electron chi connectivity index (χ0n) is 23.5. The lowest BCUT2D eigenvalue weighted by molar-refractivity contribution is -0.127. The van der Waals surface area contributed by atoms with E-state index in [-0.39, 0.29) is 36.2 Å². The van der Waals surface area contributed by atoms with Gasteiger partial charge in [-0.05, 0) is 65.1 Å². The number of hydrogen-bond acceptors (Lipinski definition) is 7. The van der Waals surface area contributed by atoms with Gasteiger partial charge in [0, 0.05) is 18.6 Å². The van der Waals surface area contributed by atoms with Crippen molar-refractivity contribution in [2.45, 2.75) is 29.3 Å². The lowest BCUT2D eigenvalue weighted by atomic mass is 9.95. The van der Waals surface area contributed by atoms with Crippen molar-refractivity contribution in [1.29, 1.82) is 0 Å². The molecule has 0 fully saturated rings. The monoisotopic (exact) mass is 596 g/mol. The quantitative estimate of drug-likeness (QED) is 0.243. The minimum atomic E-state index is -3.68.